The number of fused-ring (bicyclic) bond motifs is 1. The lowest BCUT2D eigenvalue weighted by molar-refractivity contribution is -0.129. The van der Waals surface area contributed by atoms with Crippen LogP contribution in [0.3, 0.4) is 0 Å². The third kappa shape index (κ3) is 6.02. The van der Waals surface area contributed by atoms with Crippen molar-refractivity contribution < 1.29 is 4.79 Å². The van der Waals surface area contributed by atoms with E-state index in [1.165, 1.54) is 17.3 Å². The van der Waals surface area contributed by atoms with E-state index >= 15 is 0 Å². The standard InChI is InChI=1S/C18H27N3OS.ClH/c1-12(2)9-21(10-13(3)4)17(22)11-23-18-19-15-7-6-14(5)8-16(15)20-18;/h6-8,12-13H,9-11H2,1-5H3,(H,19,20);1H. The normalized spacial score (nSPS) is 11.1. The molecule has 0 aliphatic heterocycles. The molecule has 4 nitrogen and oxygen atoms in total. The highest BCUT2D eigenvalue weighted by atomic mass is 35.5. The smallest absolute Gasteiger partial charge is 0.233 e. The molecule has 24 heavy (non-hydrogen) atoms. The molecule has 0 atom stereocenters. The molecule has 0 aliphatic carbocycles. The van der Waals surface area contributed by atoms with Crippen molar-refractivity contribution in [2.75, 3.05) is 18.8 Å². The Hall–Kier alpha value is -1.20. The lowest BCUT2D eigenvalue weighted by Gasteiger charge is -2.26. The highest BCUT2D eigenvalue weighted by molar-refractivity contribution is 7.99. The van der Waals surface area contributed by atoms with Crippen LogP contribution in [0.5, 0.6) is 0 Å². The van der Waals surface area contributed by atoms with E-state index in [0.29, 0.717) is 17.6 Å². The van der Waals surface area contributed by atoms with Gasteiger partial charge >= 0.3 is 0 Å². The Balaban J connectivity index is 0.00000288. The first kappa shape index (κ1) is 20.8. The number of hydrogen-bond donors (Lipinski definition) is 1. The summed E-state index contributed by atoms with van der Waals surface area (Å²) in [4.78, 5) is 22.3. The van der Waals surface area contributed by atoms with Crippen LogP contribution in [-0.2, 0) is 4.79 Å². The largest absolute Gasteiger partial charge is 0.341 e. The predicted octanol–water partition coefficient (Wildman–Crippen LogP) is 4.53. The summed E-state index contributed by atoms with van der Waals surface area (Å²) in [6.45, 7) is 12.3. The van der Waals surface area contributed by atoms with Gasteiger partial charge in [-0.05, 0) is 36.5 Å². The van der Waals surface area contributed by atoms with Crippen LogP contribution in [-0.4, -0.2) is 39.6 Å². The number of carbonyl (C=O) groups excluding carboxylic acids is 1. The summed E-state index contributed by atoms with van der Waals surface area (Å²) in [6.07, 6.45) is 0. The van der Waals surface area contributed by atoms with Crippen LogP contribution >= 0.6 is 24.2 Å². The molecule has 6 heteroatoms. The number of aromatic amines is 1. The van der Waals surface area contributed by atoms with Gasteiger partial charge in [-0.25, -0.2) is 4.98 Å². The number of rotatable bonds is 7. The minimum atomic E-state index is 0. The molecule has 2 rings (SSSR count). The molecule has 1 aromatic carbocycles. The molecule has 0 radical (unpaired) electrons. The molecule has 0 fully saturated rings. The summed E-state index contributed by atoms with van der Waals surface area (Å²) in [6, 6.07) is 6.14. The first-order chi connectivity index (χ1) is 10.8. The molecule has 0 unspecified atom stereocenters. The van der Waals surface area contributed by atoms with E-state index in [-0.39, 0.29) is 18.3 Å². The van der Waals surface area contributed by atoms with E-state index in [1.54, 1.807) is 0 Å². The Morgan fingerprint density at radius 3 is 2.42 bits per heavy atom. The van der Waals surface area contributed by atoms with Crippen LogP contribution in [0.4, 0.5) is 0 Å². The number of H-pyrrole nitrogens is 1. The predicted molar refractivity (Wildman–Crippen MR) is 105 cm³/mol. The molecule has 2 aromatic rings. The number of aryl methyl sites for hydroxylation is 1. The highest BCUT2D eigenvalue weighted by Crippen LogP contribution is 2.21. The fourth-order valence-corrected chi connectivity index (χ4v) is 3.34. The Labute approximate surface area is 155 Å². The minimum Gasteiger partial charge on any atom is -0.341 e. The van der Waals surface area contributed by atoms with Gasteiger partial charge in [0.25, 0.3) is 0 Å². The average molecular weight is 370 g/mol. The van der Waals surface area contributed by atoms with Gasteiger partial charge in [-0.3, -0.25) is 4.79 Å². The molecule has 1 heterocycles. The van der Waals surface area contributed by atoms with Crippen molar-refractivity contribution in [2.45, 2.75) is 39.8 Å². The van der Waals surface area contributed by atoms with Gasteiger partial charge in [0, 0.05) is 13.1 Å². The quantitative estimate of drug-likeness (QED) is 0.729. The molecule has 134 valence electrons. The number of benzene rings is 1. The lowest BCUT2D eigenvalue weighted by atomic mass is 10.1. The number of thioether (sulfide) groups is 1. The van der Waals surface area contributed by atoms with Gasteiger partial charge in [0.05, 0.1) is 16.8 Å². The van der Waals surface area contributed by atoms with E-state index in [1.807, 2.05) is 11.0 Å². The highest BCUT2D eigenvalue weighted by Gasteiger charge is 2.17. The van der Waals surface area contributed by atoms with Gasteiger partial charge in [0.1, 0.15) is 0 Å². The first-order valence-electron chi connectivity index (χ1n) is 8.22. The van der Waals surface area contributed by atoms with Crippen LogP contribution in [0.1, 0.15) is 33.3 Å². The SMILES string of the molecule is Cc1ccc2nc(SCC(=O)N(CC(C)C)CC(C)C)[nH]c2c1.Cl. The molecule has 0 aliphatic rings. The monoisotopic (exact) mass is 369 g/mol. The van der Waals surface area contributed by atoms with Crippen LogP contribution < -0.4 is 0 Å². The Morgan fingerprint density at radius 2 is 1.83 bits per heavy atom. The van der Waals surface area contributed by atoms with Gasteiger partial charge in [-0.1, -0.05) is 45.5 Å². The number of aromatic nitrogens is 2. The average Bonchev–Trinajstić information content (AvgIpc) is 2.85. The Morgan fingerprint density at radius 1 is 1.21 bits per heavy atom. The molecular formula is C18H28ClN3OS. The van der Waals surface area contributed by atoms with E-state index in [4.69, 9.17) is 0 Å². The van der Waals surface area contributed by atoms with Crippen LogP contribution in [0, 0.1) is 18.8 Å². The summed E-state index contributed by atoms with van der Waals surface area (Å²) in [5.74, 6) is 1.58. The molecule has 0 spiro atoms. The number of halogens is 1. The number of nitrogens with one attached hydrogen (secondary N) is 1. The Kier molecular flexibility index (Phi) is 8.10. The van der Waals surface area contributed by atoms with Crippen molar-refractivity contribution in [2.24, 2.45) is 11.8 Å². The molecular weight excluding hydrogens is 342 g/mol. The van der Waals surface area contributed by atoms with Gasteiger partial charge in [0.15, 0.2) is 5.16 Å². The maximum atomic E-state index is 12.5. The third-order valence-electron chi connectivity index (χ3n) is 3.47. The summed E-state index contributed by atoms with van der Waals surface area (Å²) in [5.41, 5.74) is 3.18. The summed E-state index contributed by atoms with van der Waals surface area (Å²) < 4.78 is 0. The summed E-state index contributed by atoms with van der Waals surface area (Å²) in [5, 5.41) is 0.813. The molecule has 1 amide bonds. The topological polar surface area (TPSA) is 49.0 Å². The minimum absolute atomic E-state index is 0. The van der Waals surface area contributed by atoms with Gasteiger partial charge in [-0.2, -0.15) is 0 Å². The zero-order valence-corrected chi connectivity index (χ0v) is 16.8. The van der Waals surface area contributed by atoms with Crippen molar-refractivity contribution in [3.05, 3.63) is 23.8 Å². The van der Waals surface area contributed by atoms with Gasteiger partial charge in [-0.15, -0.1) is 12.4 Å². The Bertz CT molecular complexity index is 659. The van der Waals surface area contributed by atoms with E-state index in [0.717, 1.165) is 29.3 Å². The summed E-state index contributed by atoms with van der Waals surface area (Å²) >= 11 is 1.48. The van der Waals surface area contributed by atoms with Crippen molar-refractivity contribution in [3.8, 4) is 0 Å². The van der Waals surface area contributed by atoms with Crippen molar-refractivity contribution in [1.29, 1.82) is 0 Å². The fraction of sp³-hybridized carbons (Fsp3) is 0.556. The van der Waals surface area contributed by atoms with Crippen molar-refractivity contribution in [1.82, 2.24) is 14.9 Å². The van der Waals surface area contributed by atoms with Gasteiger partial charge in [0.2, 0.25) is 5.91 Å². The maximum Gasteiger partial charge on any atom is 0.233 e. The van der Waals surface area contributed by atoms with Crippen molar-refractivity contribution >= 4 is 41.1 Å². The molecule has 0 saturated heterocycles. The second-order valence-electron chi connectivity index (χ2n) is 6.94. The fourth-order valence-electron chi connectivity index (χ4n) is 2.55. The lowest BCUT2D eigenvalue weighted by Crippen LogP contribution is -2.38. The summed E-state index contributed by atoms with van der Waals surface area (Å²) in [7, 11) is 0. The molecule has 0 saturated carbocycles. The third-order valence-corrected chi connectivity index (χ3v) is 4.33. The van der Waals surface area contributed by atoms with E-state index in [2.05, 4.69) is 56.7 Å². The van der Waals surface area contributed by atoms with Crippen LogP contribution in [0.2, 0.25) is 0 Å². The number of imidazole rings is 1. The first-order valence-corrected chi connectivity index (χ1v) is 9.20. The number of nitrogens with zero attached hydrogens (tertiary/aromatic N) is 2. The second kappa shape index (κ2) is 9.33. The van der Waals surface area contributed by atoms with Crippen LogP contribution in [0.15, 0.2) is 23.4 Å². The van der Waals surface area contributed by atoms with Crippen molar-refractivity contribution in [3.63, 3.8) is 0 Å². The molecule has 1 aromatic heterocycles. The number of hydrogen-bond acceptors (Lipinski definition) is 3. The number of amides is 1. The van der Waals surface area contributed by atoms with E-state index < -0.39 is 0 Å². The van der Waals surface area contributed by atoms with Crippen LogP contribution in [0.25, 0.3) is 11.0 Å². The zero-order chi connectivity index (χ0) is 17.0. The zero-order valence-electron chi connectivity index (χ0n) is 15.1. The van der Waals surface area contributed by atoms with E-state index in [9.17, 15) is 4.79 Å². The van der Waals surface area contributed by atoms with Gasteiger partial charge < -0.3 is 9.88 Å². The number of carbonyl (C=O) groups is 1. The maximum absolute atomic E-state index is 12.5. The second-order valence-corrected chi connectivity index (χ2v) is 7.90. The molecule has 0 bridgehead atoms. The molecule has 1 N–H and O–H groups in total.